The minimum atomic E-state index is 0.242. The monoisotopic (exact) mass is 267 g/mol. The number of hydrazine groups is 1. The molecular formula is C17H21N3. The van der Waals surface area contributed by atoms with Gasteiger partial charge in [0.05, 0.1) is 0 Å². The van der Waals surface area contributed by atoms with Crippen LogP contribution in [-0.4, -0.2) is 11.0 Å². The highest BCUT2D eigenvalue weighted by Crippen LogP contribution is 2.34. The lowest BCUT2D eigenvalue weighted by Crippen LogP contribution is -2.42. The Morgan fingerprint density at radius 3 is 2.85 bits per heavy atom. The molecule has 3 N–H and O–H groups in total. The SMILES string of the molecule is NNC(Cc1ccccn1)C1CCCc2ccccc21. The number of fused-ring (bicyclic) bond motifs is 1. The Bertz CT molecular complexity index is 553. The van der Waals surface area contributed by atoms with Crippen LogP contribution in [0.1, 0.15) is 35.6 Å². The average Bonchev–Trinajstić information content (AvgIpc) is 2.53. The molecular weight excluding hydrogens is 246 g/mol. The van der Waals surface area contributed by atoms with Crippen LogP contribution in [0, 0.1) is 0 Å². The van der Waals surface area contributed by atoms with Crippen LogP contribution in [0.5, 0.6) is 0 Å². The first-order valence-corrected chi connectivity index (χ1v) is 7.32. The Morgan fingerprint density at radius 1 is 1.20 bits per heavy atom. The van der Waals surface area contributed by atoms with Crippen LogP contribution in [0.2, 0.25) is 0 Å². The smallest absolute Gasteiger partial charge is 0.0419 e. The summed E-state index contributed by atoms with van der Waals surface area (Å²) in [7, 11) is 0. The third-order valence-electron chi connectivity index (χ3n) is 4.27. The van der Waals surface area contributed by atoms with Crippen LogP contribution in [0.4, 0.5) is 0 Å². The fraction of sp³-hybridized carbons (Fsp3) is 0.353. The minimum Gasteiger partial charge on any atom is -0.271 e. The van der Waals surface area contributed by atoms with Crippen molar-refractivity contribution in [3.63, 3.8) is 0 Å². The Balaban J connectivity index is 1.84. The Morgan fingerprint density at radius 2 is 2.05 bits per heavy atom. The lowest BCUT2D eigenvalue weighted by atomic mass is 9.77. The van der Waals surface area contributed by atoms with E-state index < -0.39 is 0 Å². The van der Waals surface area contributed by atoms with E-state index in [1.54, 1.807) is 0 Å². The van der Waals surface area contributed by atoms with Crippen molar-refractivity contribution in [2.75, 3.05) is 0 Å². The van der Waals surface area contributed by atoms with Crippen molar-refractivity contribution in [1.82, 2.24) is 10.4 Å². The highest BCUT2D eigenvalue weighted by molar-refractivity contribution is 5.34. The highest BCUT2D eigenvalue weighted by Gasteiger charge is 2.27. The minimum absolute atomic E-state index is 0.242. The quantitative estimate of drug-likeness (QED) is 0.661. The summed E-state index contributed by atoms with van der Waals surface area (Å²) in [6, 6.07) is 15.0. The van der Waals surface area contributed by atoms with Gasteiger partial charge in [0, 0.05) is 30.3 Å². The molecule has 0 saturated heterocycles. The van der Waals surface area contributed by atoms with Crippen molar-refractivity contribution >= 4 is 0 Å². The zero-order valence-corrected chi connectivity index (χ0v) is 11.6. The van der Waals surface area contributed by atoms with E-state index in [1.807, 2.05) is 18.3 Å². The molecule has 1 aromatic carbocycles. The van der Waals surface area contributed by atoms with Crippen LogP contribution in [-0.2, 0) is 12.8 Å². The summed E-state index contributed by atoms with van der Waals surface area (Å²) in [5, 5.41) is 0. The maximum Gasteiger partial charge on any atom is 0.0419 e. The molecule has 2 unspecified atom stereocenters. The molecule has 1 heterocycles. The predicted molar refractivity (Wildman–Crippen MR) is 81.2 cm³/mol. The van der Waals surface area contributed by atoms with E-state index in [-0.39, 0.29) is 6.04 Å². The van der Waals surface area contributed by atoms with Crippen LogP contribution in [0.15, 0.2) is 48.7 Å². The number of hydrogen-bond acceptors (Lipinski definition) is 3. The molecule has 20 heavy (non-hydrogen) atoms. The third kappa shape index (κ3) is 2.74. The molecule has 3 nitrogen and oxygen atoms in total. The maximum atomic E-state index is 5.83. The van der Waals surface area contributed by atoms with Gasteiger partial charge in [-0.05, 0) is 42.5 Å². The van der Waals surface area contributed by atoms with Gasteiger partial charge in [0.2, 0.25) is 0 Å². The van der Waals surface area contributed by atoms with Crippen molar-refractivity contribution in [1.29, 1.82) is 0 Å². The van der Waals surface area contributed by atoms with Gasteiger partial charge in [0.1, 0.15) is 0 Å². The molecule has 0 fully saturated rings. The molecule has 0 spiro atoms. The van der Waals surface area contributed by atoms with E-state index in [4.69, 9.17) is 5.84 Å². The van der Waals surface area contributed by atoms with Gasteiger partial charge in [-0.1, -0.05) is 30.3 Å². The number of rotatable bonds is 4. The second kappa shape index (κ2) is 6.16. The summed E-state index contributed by atoms with van der Waals surface area (Å²) >= 11 is 0. The first kappa shape index (κ1) is 13.3. The molecule has 1 aliphatic carbocycles. The zero-order chi connectivity index (χ0) is 13.8. The Labute approximate surface area is 120 Å². The van der Waals surface area contributed by atoms with Crippen LogP contribution >= 0.6 is 0 Å². The van der Waals surface area contributed by atoms with Crippen LogP contribution in [0.3, 0.4) is 0 Å². The Kier molecular flexibility index (Phi) is 4.09. The van der Waals surface area contributed by atoms with E-state index in [1.165, 1.54) is 30.4 Å². The third-order valence-corrected chi connectivity index (χ3v) is 4.27. The number of aryl methyl sites for hydroxylation is 1. The molecule has 1 aliphatic rings. The van der Waals surface area contributed by atoms with E-state index in [0.29, 0.717) is 5.92 Å². The molecule has 0 aliphatic heterocycles. The Hall–Kier alpha value is -1.71. The summed E-state index contributed by atoms with van der Waals surface area (Å²) in [5.41, 5.74) is 7.05. The van der Waals surface area contributed by atoms with Gasteiger partial charge in [-0.25, -0.2) is 0 Å². The average molecular weight is 267 g/mol. The van der Waals surface area contributed by atoms with E-state index >= 15 is 0 Å². The summed E-state index contributed by atoms with van der Waals surface area (Å²) in [6.45, 7) is 0. The number of nitrogens with zero attached hydrogens (tertiary/aromatic N) is 1. The van der Waals surface area contributed by atoms with Gasteiger partial charge in [-0.2, -0.15) is 0 Å². The number of nitrogens with two attached hydrogens (primary N) is 1. The molecule has 1 aromatic heterocycles. The molecule has 0 amide bonds. The van der Waals surface area contributed by atoms with E-state index in [9.17, 15) is 0 Å². The second-order valence-corrected chi connectivity index (χ2v) is 5.50. The number of benzene rings is 1. The van der Waals surface area contributed by atoms with Gasteiger partial charge < -0.3 is 0 Å². The van der Waals surface area contributed by atoms with Crippen LogP contribution in [0.25, 0.3) is 0 Å². The van der Waals surface area contributed by atoms with Crippen molar-refractivity contribution in [3.05, 3.63) is 65.5 Å². The first-order chi connectivity index (χ1) is 9.88. The topological polar surface area (TPSA) is 50.9 Å². The van der Waals surface area contributed by atoms with Gasteiger partial charge in [-0.15, -0.1) is 0 Å². The summed E-state index contributed by atoms with van der Waals surface area (Å²) in [5.74, 6) is 6.31. The fourth-order valence-corrected chi connectivity index (χ4v) is 3.27. The molecule has 0 radical (unpaired) electrons. The number of nitrogens with one attached hydrogen (secondary N) is 1. The maximum absolute atomic E-state index is 5.83. The lowest BCUT2D eigenvalue weighted by molar-refractivity contribution is 0.392. The van der Waals surface area contributed by atoms with Crippen LogP contribution < -0.4 is 11.3 Å². The summed E-state index contributed by atoms with van der Waals surface area (Å²) in [6.07, 6.45) is 6.34. The van der Waals surface area contributed by atoms with Gasteiger partial charge in [-0.3, -0.25) is 16.3 Å². The molecule has 2 aromatic rings. The summed E-state index contributed by atoms with van der Waals surface area (Å²) in [4.78, 5) is 4.42. The van der Waals surface area contributed by atoms with Crippen molar-refractivity contribution in [2.45, 2.75) is 37.6 Å². The molecule has 0 bridgehead atoms. The zero-order valence-electron chi connectivity index (χ0n) is 11.6. The van der Waals surface area contributed by atoms with Crippen molar-refractivity contribution in [2.24, 2.45) is 5.84 Å². The largest absolute Gasteiger partial charge is 0.271 e. The normalized spacial score (nSPS) is 19.4. The highest BCUT2D eigenvalue weighted by atomic mass is 15.2. The standard InChI is InChI=1S/C17H21N3/c18-20-17(12-14-8-3-4-11-19-14)16-10-5-7-13-6-1-2-9-15(13)16/h1-4,6,8-9,11,16-17,20H,5,7,10,12,18H2. The van der Waals surface area contributed by atoms with Gasteiger partial charge in [0.15, 0.2) is 0 Å². The number of aromatic nitrogens is 1. The van der Waals surface area contributed by atoms with E-state index in [2.05, 4.69) is 40.7 Å². The molecule has 2 atom stereocenters. The predicted octanol–water partition coefficient (Wildman–Crippen LogP) is 2.58. The van der Waals surface area contributed by atoms with Crippen molar-refractivity contribution < 1.29 is 0 Å². The molecule has 3 heteroatoms. The second-order valence-electron chi connectivity index (χ2n) is 5.50. The fourth-order valence-electron chi connectivity index (χ4n) is 3.27. The summed E-state index contributed by atoms with van der Waals surface area (Å²) < 4.78 is 0. The van der Waals surface area contributed by atoms with E-state index in [0.717, 1.165) is 12.1 Å². The van der Waals surface area contributed by atoms with Gasteiger partial charge in [0.25, 0.3) is 0 Å². The molecule has 0 saturated carbocycles. The van der Waals surface area contributed by atoms with Crippen molar-refractivity contribution in [3.8, 4) is 0 Å². The number of pyridine rings is 1. The molecule has 104 valence electrons. The molecule has 3 rings (SSSR count). The lowest BCUT2D eigenvalue weighted by Gasteiger charge is -2.32. The van der Waals surface area contributed by atoms with Gasteiger partial charge >= 0.3 is 0 Å². The number of hydrogen-bond donors (Lipinski definition) is 2. The first-order valence-electron chi connectivity index (χ1n) is 7.32.